The predicted octanol–water partition coefficient (Wildman–Crippen LogP) is 5.36. The third-order valence-electron chi connectivity index (χ3n) is 6.10. The van der Waals surface area contributed by atoms with Crippen molar-refractivity contribution in [2.75, 3.05) is 24.7 Å². The minimum Gasteiger partial charge on any atom is -0.404 e. The SMILES string of the molecule is CN(C)C1=NC(N)(C2CCC(Nc3ccc(Br)cc3OC(F)(F)F)CC2)Nc2ccccc21. The van der Waals surface area contributed by atoms with E-state index < -0.39 is 12.1 Å². The summed E-state index contributed by atoms with van der Waals surface area (Å²) in [7, 11) is 3.89. The average Bonchev–Trinajstić information content (AvgIpc) is 2.74. The van der Waals surface area contributed by atoms with Gasteiger partial charge in [0.25, 0.3) is 0 Å². The maximum Gasteiger partial charge on any atom is 0.573 e. The largest absolute Gasteiger partial charge is 0.573 e. The molecule has 0 saturated heterocycles. The van der Waals surface area contributed by atoms with Gasteiger partial charge in [-0.1, -0.05) is 28.1 Å². The van der Waals surface area contributed by atoms with Crippen LogP contribution in [0.4, 0.5) is 24.5 Å². The summed E-state index contributed by atoms with van der Waals surface area (Å²) in [6, 6.07) is 12.6. The first-order chi connectivity index (χ1) is 15.5. The van der Waals surface area contributed by atoms with Crippen molar-refractivity contribution in [1.82, 2.24) is 4.90 Å². The van der Waals surface area contributed by atoms with Gasteiger partial charge in [0.05, 0.1) is 5.69 Å². The zero-order valence-corrected chi connectivity index (χ0v) is 20.0. The minimum absolute atomic E-state index is 0.00906. The van der Waals surface area contributed by atoms with E-state index in [4.69, 9.17) is 10.7 Å². The van der Waals surface area contributed by atoms with E-state index in [1.165, 1.54) is 6.07 Å². The van der Waals surface area contributed by atoms with Crippen LogP contribution in [0.2, 0.25) is 0 Å². The molecule has 6 nitrogen and oxygen atoms in total. The van der Waals surface area contributed by atoms with E-state index in [0.717, 1.165) is 42.8 Å². The molecule has 2 aliphatic rings. The summed E-state index contributed by atoms with van der Waals surface area (Å²) >= 11 is 3.20. The Kier molecular flexibility index (Phi) is 6.50. The van der Waals surface area contributed by atoms with E-state index in [-0.39, 0.29) is 17.7 Å². The summed E-state index contributed by atoms with van der Waals surface area (Å²) in [4.78, 5) is 6.85. The highest BCUT2D eigenvalue weighted by Crippen LogP contribution is 2.39. The summed E-state index contributed by atoms with van der Waals surface area (Å²) in [5.41, 5.74) is 9.06. The number of anilines is 2. The average molecular weight is 526 g/mol. The number of rotatable bonds is 4. The molecule has 2 aromatic rings. The Morgan fingerprint density at radius 2 is 1.85 bits per heavy atom. The number of amidine groups is 1. The predicted molar refractivity (Wildman–Crippen MR) is 127 cm³/mol. The molecule has 2 aromatic carbocycles. The number of fused-ring (bicyclic) bond motifs is 1. The summed E-state index contributed by atoms with van der Waals surface area (Å²) in [5.74, 6) is -0.285. The van der Waals surface area contributed by atoms with Gasteiger partial charge in [0, 0.05) is 41.8 Å². The van der Waals surface area contributed by atoms with Gasteiger partial charge in [-0.15, -0.1) is 13.2 Å². The van der Waals surface area contributed by atoms with Crippen LogP contribution in [-0.2, 0) is 0 Å². The van der Waals surface area contributed by atoms with Crippen molar-refractivity contribution in [3.05, 3.63) is 52.5 Å². The fraction of sp³-hybridized carbons (Fsp3) is 0.435. The number of alkyl halides is 3. The van der Waals surface area contributed by atoms with Crippen molar-refractivity contribution in [3.63, 3.8) is 0 Å². The van der Waals surface area contributed by atoms with Crippen molar-refractivity contribution < 1.29 is 17.9 Å². The number of aliphatic imine (C=N–C) groups is 1. The van der Waals surface area contributed by atoms with Gasteiger partial charge in [0.1, 0.15) is 5.84 Å². The van der Waals surface area contributed by atoms with Crippen LogP contribution < -0.4 is 21.1 Å². The molecular weight excluding hydrogens is 499 g/mol. The standard InChI is InChI=1S/C23H27BrF3N5O/c1-32(2)21-17-5-3-4-6-18(17)30-22(28,31-21)14-7-10-16(11-8-14)29-19-12-9-15(24)13-20(19)33-23(25,26)27/h3-6,9,12-14,16,29-30H,7-8,10-11,28H2,1-2H3. The van der Waals surface area contributed by atoms with Crippen LogP contribution in [0.3, 0.4) is 0 Å². The Balaban J connectivity index is 1.46. The van der Waals surface area contributed by atoms with Crippen molar-refractivity contribution in [2.45, 2.75) is 43.9 Å². The van der Waals surface area contributed by atoms with Gasteiger partial charge in [-0.3, -0.25) is 5.73 Å². The van der Waals surface area contributed by atoms with E-state index in [1.807, 2.05) is 43.3 Å². The number of para-hydroxylation sites is 1. The molecule has 0 aromatic heterocycles. The molecule has 4 rings (SSSR count). The van der Waals surface area contributed by atoms with Crippen LogP contribution in [0, 0.1) is 5.92 Å². The summed E-state index contributed by atoms with van der Waals surface area (Å²) < 4.78 is 43.2. The van der Waals surface area contributed by atoms with E-state index in [9.17, 15) is 13.2 Å². The van der Waals surface area contributed by atoms with Crippen LogP contribution in [0.15, 0.2) is 51.9 Å². The Morgan fingerprint density at radius 3 is 2.52 bits per heavy atom. The molecule has 4 N–H and O–H groups in total. The smallest absolute Gasteiger partial charge is 0.404 e. The molecule has 1 fully saturated rings. The van der Waals surface area contributed by atoms with Crippen molar-refractivity contribution in [3.8, 4) is 5.75 Å². The second kappa shape index (κ2) is 9.06. The molecule has 10 heteroatoms. The molecule has 1 unspecified atom stereocenters. The molecule has 0 radical (unpaired) electrons. The molecule has 0 spiro atoms. The van der Waals surface area contributed by atoms with E-state index in [2.05, 4.69) is 31.3 Å². The number of hydrogen-bond donors (Lipinski definition) is 3. The monoisotopic (exact) mass is 525 g/mol. The number of halogens is 4. The Labute approximate surface area is 199 Å². The van der Waals surface area contributed by atoms with Gasteiger partial charge in [-0.05, 0) is 56.0 Å². The first-order valence-corrected chi connectivity index (χ1v) is 11.6. The minimum atomic E-state index is -4.76. The zero-order valence-electron chi connectivity index (χ0n) is 18.4. The number of hydrogen-bond acceptors (Lipinski definition) is 6. The van der Waals surface area contributed by atoms with Crippen LogP contribution in [0.1, 0.15) is 31.2 Å². The van der Waals surface area contributed by atoms with E-state index >= 15 is 0 Å². The lowest BCUT2D eigenvalue weighted by Crippen LogP contribution is -2.57. The molecule has 1 aliphatic carbocycles. The number of benzene rings is 2. The fourth-order valence-electron chi connectivity index (χ4n) is 4.52. The Hall–Kier alpha value is -2.46. The molecule has 0 bridgehead atoms. The van der Waals surface area contributed by atoms with Crippen molar-refractivity contribution >= 4 is 33.1 Å². The topological polar surface area (TPSA) is 74.9 Å². The lowest BCUT2D eigenvalue weighted by atomic mass is 9.81. The highest BCUT2D eigenvalue weighted by Gasteiger charge is 2.41. The van der Waals surface area contributed by atoms with E-state index in [1.54, 1.807) is 12.1 Å². The van der Waals surface area contributed by atoms with Crippen LogP contribution in [-0.4, -0.2) is 43.0 Å². The molecule has 1 atom stereocenters. The third kappa shape index (κ3) is 5.38. The molecule has 1 heterocycles. The molecule has 1 aliphatic heterocycles. The van der Waals surface area contributed by atoms with Crippen LogP contribution in [0.5, 0.6) is 5.75 Å². The maximum atomic E-state index is 12.8. The fourth-order valence-corrected chi connectivity index (χ4v) is 4.86. The Morgan fingerprint density at radius 1 is 1.15 bits per heavy atom. The van der Waals surface area contributed by atoms with Crippen LogP contribution >= 0.6 is 15.9 Å². The van der Waals surface area contributed by atoms with Gasteiger partial charge >= 0.3 is 6.36 Å². The second-order valence-corrected chi connectivity index (χ2v) is 9.62. The molecule has 33 heavy (non-hydrogen) atoms. The normalized spacial score (nSPS) is 24.9. The lowest BCUT2D eigenvalue weighted by Gasteiger charge is -2.43. The molecule has 1 saturated carbocycles. The Bertz CT molecular complexity index is 1040. The van der Waals surface area contributed by atoms with Gasteiger partial charge < -0.3 is 20.3 Å². The van der Waals surface area contributed by atoms with Crippen LogP contribution in [0.25, 0.3) is 0 Å². The molecular formula is C23H27BrF3N5O. The lowest BCUT2D eigenvalue weighted by molar-refractivity contribution is -0.274. The highest BCUT2D eigenvalue weighted by atomic mass is 79.9. The van der Waals surface area contributed by atoms with Gasteiger partial charge in [-0.25, -0.2) is 4.99 Å². The maximum absolute atomic E-state index is 12.8. The van der Waals surface area contributed by atoms with Crippen molar-refractivity contribution in [2.24, 2.45) is 16.6 Å². The number of ether oxygens (including phenoxy) is 1. The first kappa shape index (κ1) is 23.7. The number of nitrogens with two attached hydrogens (primary N) is 1. The zero-order chi connectivity index (χ0) is 23.8. The number of nitrogens with zero attached hydrogens (tertiary/aromatic N) is 2. The van der Waals surface area contributed by atoms with Gasteiger partial charge in [0.2, 0.25) is 0 Å². The summed E-state index contributed by atoms with van der Waals surface area (Å²) in [5, 5.41) is 6.65. The molecule has 178 valence electrons. The summed E-state index contributed by atoms with van der Waals surface area (Å²) in [6.45, 7) is 0. The molecule has 0 amide bonds. The number of nitrogens with one attached hydrogen (secondary N) is 2. The van der Waals surface area contributed by atoms with E-state index in [0.29, 0.717) is 10.2 Å². The quantitative estimate of drug-likeness (QED) is 0.500. The van der Waals surface area contributed by atoms with Crippen molar-refractivity contribution in [1.29, 1.82) is 0 Å². The second-order valence-electron chi connectivity index (χ2n) is 8.71. The first-order valence-electron chi connectivity index (χ1n) is 10.8. The highest BCUT2D eigenvalue weighted by molar-refractivity contribution is 9.10. The summed E-state index contributed by atoms with van der Waals surface area (Å²) in [6.07, 6.45) is -1.70. The third-order valence-corrected chi connectivity index (χ3v) is 6.59. The van der Waals surface area contributed by atoms with Gasteiger partial charge in [0.15, 0.2) is 11.5 Å². The van der Waals surface area contributed by atoms with Gasteiger partial charge in [-0.2, -0.15) is 0 Å².